The van der Waals surface area contributed by atoms with Gasteiger partial charge in [-0.2, -0.15) is 0 Å². The molecule has 0 saturated carbocycles. The van der Waals surface area contributed by atoms with Crippen molar-refractivity contribution in [2.45, 2.75) is 37.8 Å². The van der Waals surface area contributed by atoms with Gasteiger partial charge in [0.2, 0.25) is 11.8 Å². The van der Waals surface area contributed by atoms with Crippen molar-refractivity contribution >= 4 is 27.5 Å². The third-order valence-electron chi connectivity index (χ3n) is 6.50. The standard InChI is InChI=1S/C29H35N3O6S/c1-6-25(29(34)30-3)31(19-22-13-11-10-12-21(22)2)28(33)20-32(39(35,36)24-14-8-7-9-15-24)26-18-23(37-4)16-17-27(26)38-5/h7-18,25H,6,19-20H2,1-5H3,(H,30,34)/t25-/m0/s1. The number of nitrogens with zero attached hydrogens (tertiary/aromatic N) is 2. The van der Waals surface area contributed by atoms with Crippen LogP contribution in [0.4, 0.5) is 5.69 Å². The first-order chi connectivity index (χ1) is 18.7. The molecule has 0 bridgehead atoms. The maximum Gasteiger partial charge on any atom is 0.264 e. The Bertz CT molecular complexity index is 1400. The fraction of sp³-hybridized carbons (Fsp3) is 0.310. The van der Waals surface area contributed by atoms with E-state index in [-0.39, 0.29) is 28.8 Å². The van der Waals surface area contributed by atoms with Gasteiger partial charge in [-0.1, -0.05) is 49.4 Å². The second kappa shape index (κ2) is 13.1. The summed E-state index contributed by atoms with van der Waals surface area (Å²) < 4.78 is 39.8. The van der Waals surface area contributed by atoms with Gasteiger partial charge >= 0.3 is 0 Å². The highest BCUT2D eigenvalue weighted by atomic mass is 32.2. The Morgan fingerprint density at radius 1 is 0.949 bits per heavy atom. The zero-order valence-corrected chi connectivity index (χ0v) is 23.7. The van der Waals surface area contributed by atoms with Crippen molar-refractivity contribution in [1.29, 1.82) is 0 Å². The minimum atomic E-state index is -4.23. The van der Waals surface area contributed by atoms with Crippen LogP contribution in [-0.4, -0.2) is 59.0 Å². The topological polar surface area (TPSA) is 105 Å². The molecule has 2 amide bonds. The predicted molar refractivity (Wildman–Crippen MR) is 150 cm³/mol. The molecule has 1 atom stereocenters. The molecule has 3 rings (SSSR count). The molecule has 0 heterocycles. The van der Waals surface area contributed by atoms with Gasteiger partial charge in [-0.3, -0.25) is 13.9 Å². The van der Waals surface area contributed by atoms with Crippen LogP contribution in [0.25, 0.3) is 0 Å². The second-order valence-electron chi connectivity index (χ2n) is 8.85. The monoisotopic (exact) mass is 553 g/mol. The van der Waals surface area contributed by atoms with E-state index >= 15 is 0 Å². The minimum absolute atomic E-state index is 0.00599. The van der Waals surface area contributed by atoms with Crippen molar-refractivity contribution in [2.75, 3.05) is 32.1 Å². The highest BCUT2D eigenvalue weighted by Crippen LogP contribution is 2.36. The first-order valence-electron chi connectivity index (χ1n) is 12.5. The molecule has 39 heavy (non-hydrogen) atoms. The van der Waals surface area contributed by atoms with Crippen LogP contribution in [0.15, 0.2) is 77.7 Å². The minimum Gasteiger partial charge on any atom is -0.497 e. The number of aryl methyl sites for hydroxylation is 1. The summed E-state index contributed by atoms with van der Waals surface area (Å²) >= 11 is 0. The molecule has 0 aliphatic rings. The Morgan fingerprint density at radius 2 is 1.62 bits per heavy atom. The van der Waals surface area contributed by atoms with Crippen LogP contribution in [0, 0.1) is 6.92 Å². The number of methoxy groups -OCH3 is 2. The molecule has 0 saturated heterocycles. The lowest BCUT2D eigenvalue weighted by Gasteiger charge is -2.33. The molecular formula is C29H35N3O6S. The molecule has 0 radical (unpaired) electrons. The van der Waals surface area contributed by atoms with Crippen LogP contribution in [0.3, 0.4) is 0 Å². The number of ether oxygens (including phenoxy) is 2. The largest absolute Gasteiger partial charge is 0.497 e. The first kappa shape index (κ1) is 29.5. The number of rotatable bonds is 12. The Balaban J connectivity index is 2.15. The number of carbonyl (C=O) groups is 2. The Kier molecular flexibility index (Phi) is 9.95. The number of sulfonamides is 1. The average Bonchev–Trinajstić information content (AvgIpc) is 2.96. The zero-order valence-electron chi connectivity index (χ0n) is 22.9. The number of likely N-dealkylation sites (N-methyl/N-ethyl adjacent to an activating group) is 1. The van der Waals surface area contributed by atoms with E-state index in [0.29, 0.717) is 12.2 Å². The molecular weight excluding hydrogens is 518 g/mol. The van der Waals surface area contributed by atoms with Crippen LogP contribution in [-0.2, 0) is 26.2 Å². The van der Waals surface area contributed by atoms with Gasteiger partial charge in [-0.25, -0.2) is 8.42 Å². The molecule has 0 aliphatic carbocycles. The number of carbonyl (C=O) groups excluding carboxylic acids is 2. The summed E-state index contributed by atoms with van der Waals surface area (Å²) in [5.74, 6) is -0.249. The van der Waals surface area contributed by atoms with Crippen molar-refractivity contribution in [3.63, 3.8) is 0 Å². The SMILES string of the molecule is CC[C@@H](C(=O)NC)N(Cc1ccccc1C)C(=O)CN(c1cc(OC)ccc1OC)S(=O)(=O)c1ccccc1. The van der Waals surface area contributed by atoms with E-state index in [2.05, 4.69) is 5.32 Å². The number of benzene rings is 3. The molecule has 1 N–H and O–H groups in total. The number of nitrogens with one attached hydrogen (secondary N) is 1. The third kappa shape index (κ3) is 6.69. The quantitative estimate of drug-likeness (QED) is 0.366. The summed E-state index contributed by atoms with van der Waals surface area (Å²) in [7, 11) is 0.163. The maximum atomic E-state index is 14.1. The van der Waals surface area contributed by atoms with Gasteiger partial charge in [0.1, 0.15) is 24.1 Å². The second-order valence-corrected chi connectivity index (χ2v) is 10.7. The molecule has 0 spiro atoms. The Hall–Kier alpha value is -4.05. The summed E-state index contributed by atoms with van der Waals surface area (Å²) in [6.07, 6.45) is 0.339. The van der Waals surface area contributed by atoms with Crippen LogP contribution in [0.5, 0.6) is 11.5 Å². The molecule has 0 aliphatic heterocycles. The molecule has 0 fully saturated rings. The highest BCUT2D eigenvalue weighted by Gasteiger charge is 2.34. The van der Waals surface area contributed by atoms with Crippen molar-refractivity contribution in [3.05, 3.63) is 83.9 Å². The van der Waals surface area contributed by atoms with E-state index < -0.39 is 28.5 Å². The predicted octanol–water partition coefficient (Wildman–Crippen LogP) is 3.76. The fourth-order valence-corrected chi connectivity index (χ4v) is 5.72. The van der Waals surface area contributed by atoms with E-state index in [4.69, 9.17) is 9.47 Å². The number of anilines is 1. The number of hydrogen-bond acceptors (Lipinski definition) is 6. The Labute approximate surface area is 230 Å². The summed E-state index contributed by atoms with van der Waals surface area (Å²) in [5, 5.41) is 2.62. The normalized spacial score (nSPS) is 11.8. The van der Waals surface area contributed by atoms with Gasteiger partial charge in [0.05, 0.1) is 24.8 Å². The van der Waals surface area contributed by atoms with Crippen molar-refractivity contribution < 1.29 is 27.5 Å². The Morgan fingerprint density at radius 3 is 2.21 bits per heavy atom. The van der Waals surface area contributed by atoms with E-state index in [0.717, 1.165) is 15.4 Å². The van der Waals surface area contributed by atoms with Crippen molar-refractivity contribution in [3.8, 4) is 11.5 Å². The molecule has 0 unspecified atom stereocenters. The lowest BCUT2D eigenvalue weighted by atomic mass is 10.1. The van der Waals surface area contributed by atoms with Gasteiger partial charge in [-0.05, 0) is 48.7 Å². The third-order valence-corrected chi connectivity index (χ3v) is 8.27. The van der Waals surface area contributed by atoms with Crippen LogP contribution in [0.2, 0.25) is 0 Å². The van der Waals surface area contributed by atoms with Crippen molar-refractivity contribution in [1.82, 2.24) is 10.2 Å². The summed E-state index contributed by atoms with van der Waals surface area (Å²) in [4.78, 5) is 28.3. The van der Waals surface area contributed by atoms with Gasteiger partial charge in [0.25, 0.3) is 10.0 Å². The summed E-state index contributed by atoms with van der Waals surface area (Å²) in [6, 6.07) is 19.3. The molecule has 0 aromatic heterocycles. The molecule has 9 nitrogen and oxygen atoms in total. The van der Waals surface area contributed by atoms with Gasteiger partial charge < -0.3 is 19.7 Å². The molecule has 10 heteroatoms. The average molecular weight is 554 g/mol. The van der Waals surface area contributed by atoms with E-state index in [1.54, 1.807) is 30.3 Å². The smallest absolute Gasteiger partial charge is 0.264 e. The lowest BCUT2D eigenvalue weighted by Crippen LogP contribution is -2.51. The van der Waals surface area contributed by atoms with Gasteiger partial charge in [0, 0.05) is 19.7 Å². The fourth-order valence-electron chi connectivity index (χ4n) is 4.28. The van der Waals surface area contributed by atoms with Gasteiger partial charge in [0.15, 0.2) is 0 Å². The lowest BCUT2D eigenvalue weighted by molar-refractivity contribution is -0.140. The van der Waals surface area contributed by atoms with Crippen molar-refractivity contribution in [2.24, 2.45) is 0 Å². The summed E-state index contributed by atoms with van der Waals surface area (Å²) in [6.45, 7) is 3.29. The number of hydrogen-bond donors (Lipinski definition) is 1. The highest BCUT2D eigenvalue weighted by molar-refractivity contribution is 7.92. The first-order valence-corrected chi connectivity index (χ1v) is 14.0. The van der Waals surface area contributed by atoms with Crippen LogP contribution >= 0.6 is 0 Å². The van der Waals surface area contributed by atoms with Gasteiger partial charge in [-0.15, -0.1) is 0 Å². The van der Waals surface area contributed by atoms with E-state index in [1.807, 2.05) is 38.1 Å². The summed E-state index contributed by atoms with van der Waals surface area (Å²) in [5.41, 5.74) is 1.94. The van der Waals surface area contributed by atoms with E-state index in [1.165, 1.54) is 44.4 Å². The van der Waals surface area contributed by atoms with Crippen LogP contribution in [0.1, 0.15) is 24.5 Å². The zero-order chi connectivity index (χ0) is 28.6. The van der Waals surface area contributed by atoms with E-state index in [9.17, 15) is 18.0 Å². The molecule has 3 aromatic carbocycles. The molecule has 208 valence electrons. The molecule has 3 aromatic rings. The van der Waals surface area contributed by atoms with Crippen LogP contribution < -0.4 is 19.1 Å². The maximum absolute atomic E-state index is 14.1. The number of amides is 2.